The predicted molar refractivity (Wildman–Crippen MR) is 151 cm³/mol. The van der Waals surface area contributed by atoms with Crippen molar-refractivity contribution in [1.29, 1.82) is 0 Å². The van der Waals surface area contributed by atoms with E-state index in [1.165, 1.54) is 40.8 Å². The maximum absolute atomic E-state index is 12.7. The molecule has 1 unspecified atom stereocenters. The van der Waals surface area contributed by atoms with Crippen molar-refractivity contribution in [3.8, 4) is 22.8 Å². The van der Waals surface area contributed by atoms with E-state index >= 15 is 0 Å². The molecule has 2 amide bonds. The molecule has 2 aliphatic heterocycles. The highest BCUT2D eigenvalue weighted by atomic mass is 19.4. The van der Waals surface area contributed by atoms with Gasteiger partial charge in [-0.3, -0.25) is 10.2 Å². The van der Waals surface area contributed by atoms with Crippen LogP contribution in [0.2, 0.25) is 0 Å². The second-order valence-electron chi connectivity index (χ2n) is 9.86. The number of carbonyl (C=O) groups excluding carboxylic acids is 1. The number of allylic oxidation sites excluding steroid dienone is 1. The molecule has 0 radical (unpaired) electrons. The lowest BCUT2D eigenvalue weighted by atomic mass is 9.94. The number of aromatic nitrogens is 3. The lowest BCUT2D eigenvalue weighted by Gasteiger charge is -2.30. The number of anilines is 1. The van der Waals surface area contributed by atoms with Crippen LogP contribution in [0, 0.1) is 0 Å². The number of hydrogen-bond donors (Lipinski definition) is 2. The number of nitrogens with zero attached hydrogens (tertiary/aromatic N) is 5. The highest BCUT2D eigenvalue weighted by molar-refractivity contribution is 6.09. The molecule has 0 spiro atoms. The zero-order valence-electron chi connectivity index (χ0n) is 22.5. The zero-order chi connectivity index (χ0) is 29.3. The second kappa shape index (κ2) is 11.0. The monoisotopic (exact) mass is 573 g/mol. The molecule has 42 heavy (non-hydrogen) atoms. The number of urea groups is 1. The summed E-state index contributed by atoms with van der Waals surface area (Å²) in [6.45, 7) is 3.10. The third-order valence-electron chi connectivity index (χ3n) is 6.96. The van der Waals surface area contributed by atoms with Crippen LogP contribution in [0.15, 0.2) is 95.9 Å². The molecular weight excluding hydrogens is 547 g/mol. The van der Waals surface area contributed by atoms with Crippen LogP contribution in [0.5, 0.6) is 5.75 Å². The number of aliphatic imine (C=N–C) groups is 1. The zero-order valence-corrected chi connectivity index (χ0v) is 22.5. The van der Waals surface area contributed by atoms with Gasteiger partial charge in [-0.1, -0.05) is 55.5 Å². The van der Waals surface area contributed by atoms with Gasteiger partial charge in [0.05, 0.1) is 17.9 Å². The summed E-state index contributed by atoms with van der Waals surface area (Å²) >= 11 is 0. The number of nitrogens with one attached hydrogen (secondary N) is 2. The molecule has 0 saturated carbocycles. The molecule has 0 saturated heterocycles. The second-order valence-corrected chi connectivity index (χ2v) is 9.86. The number of amides is 2. The van der Waals surface area contributed by atoms with E-state index in [0.717, 1.165) is 22.5 Å². The smallest absolute Gasteiger partial charge is 0.406 e. The average molecular weight is 574 g/mol. The molecule has 2 aliphatic rings. The van der Waals surface area contributed by atoms with E-state index in [0.29, 0.717) is 37.0 Å². The molecule has 3 aromatic carbocycles. The van der Waals surface area contributed by atoms with Crippen LogP contribution in [0.1, 0.15) is 24.0 Å². The topological polar surface area (TPSA) is 96.7 Å². The highest BCUT2D eigenvalue weighted by Crippen LogP contribution is 2.38. The fraction of sp³-hybridized carbons (Fsp3) is 0.200. The van der Waals surface area contributed by atoms with Crippen LogP contribution in [-0.2, 0) is 6.42 Å². The average Bonchev–Trinajstić information content (AvgIpc) is 3.61. The van der Waals surface area contributed by atoms with Gasteiger partial charge in [0.25, 0.3) is 0 Å². The van der Waals surface area contributed by atoms with Crippen molar-refractivity contribution in [3.63, 3.8) is 0 Å². The number of halogens is 3. The highest BCUT2D eigenvalue weighted by Gasteiger charge is 2.32. The Morgan fingerprint density at radius 2 is 1.81 bits per heavy atom. The molecule has 4 aromatic rings. The van der Waals surface area contributed by atoms with E-state index in [4.69, 9.17) is 0 Å². The van der Waals surface area contributed by atoms with Crippen LogP contribution < -0.4 is 20.3 Å². The van der Waals surface area contributed by atoms with Crippen LogP contribution >= 0.6 is 0 Å². The molecular formula is C30H26F3N7O2. The largest absolute Gasteiger partial charge is 0.573 e. The Labute approximate surface area is 239 Å². The number of rotatable bonds is 6. The van der Waals surface area contributed by atoms with Gasteiger partial charge < -0.3 is 10.1 Å². The van der Waals surface area contributed by atoms with Crippen molar-refractivity contribution in [1.82, 2.24) is 25.4 Å². The number of guanidine groups is 1. The van der Waals surface area contributed by atoms with Gasteiger partial charge >= 0.3 is 12.4 Å². The van der Waals surface area contributed by atoms with E-state index in [9.17, 15) is 18.0 Å². The van der Waals surface area contributed by atoms with Crippen molar-refractivity contribution in [2.75, 3.05) is 18.0 Å². The van der Waals surface area contributed by atoms with Crippen molar-refractivity contribution < 1.29 is 22.7 Å². The van der Waals surface area contributed by atoms with Gasteiger partial charge in [-0.2, -0.15) is 0 Å². The van der Waals surface area contributed by atoms with Gasteiger partial charge in [0.2, 0.25) is 5.96 Å². The van der Waals surface area contributed by atoms with E-state index in [-0.39, 0.29) is 17.7 Å². The number of alkyl halides is 3. The van der Waals surface area contributed by atoms with Gasteiger partial charge in [-0.25, -0.2) is 19.5 Å². The molecule has 2 N–H and O–H groups in total. The van der Waals surface area contributed by atoms with Crippen molar-refractivity contribution >= 4 is 17.7 Å². The summed E-state index contributed by atoms with van der Waals surface area (Å²) in [4.78, 5) is 23.5. The minimum atomic E-state index is -4.75. The van der Waals surface area contributed by atoms with E-state index in [1.54, 1.807) is 0 Å². The molecule has 12 heteroatoms. The summed E-state index contributed by atoms with van der Waals surface area (Å²) in [5.74, 6) is 0.959. The Morgan fingerprint density at radius 3 is 2.57 bits per heavy atom. The maximum atomic E-state index is 12.7. The summed E-state index contributed by atoms with van der Waals surface area (Å²) in [7, 11) is 0. The SMILES string of the molecule is CC1C=C2CN=C(NC(=O)NCCc3ccc(-c4ncn(-c5ccc(OC(F)(F)F)cc5)n4)cc3)N2c2ccccc21. The lowest BCUT2D eigenvalue weighted by molar-refractivity contribution is -0.274. The minimum absolute atomic E-state index is 0.288. The number of hydrogen-bond acceptors (Lipinski definition) is 6. The first-order chi connectivity index (χ1) is 20.2. The first-order valence-corrected chi connectivity index (χ1v) is 13.3. The quantitative estimate of drug-likeness (QED) is 0.315. The summed E-state index contributed by atoms with van der Waals surface area (Å²) in [5.41, 5.74) is 5.62. The van der Waals surface area contributed by atoms with Gasteiger partial charge in [0.1, 0.15) is 12.1 Å². The molecule has 1 atom stereocenters. The van der Waals surface area contributed by atoms with Crippen LogP contribution in [0.3, 0.4) is 0 Å². The predicted octanol–water partition coefficient (Wildman–Crippen LogP) is 5.55. The number of para-hydroxylation sites is 1. The molecule has 0 bridgehead atoms. The number of carbonyl (C=O) groups is 1. The van der Waals surface area contributed by atoms with Gasteiger partial charge in [0, 0.05) is 23.7 Å². The third-order valence-corrected chi connectivity index (χ3v) is 6.96. The Bertz CT molecular complexity index is 1660. The maximum Gasteiger partial charge on any atom is 0.573 e. The first kappa shape index (κ1) is 27.1. The Hall–Kier alpha value is -5.13. The number of fused-ring (bicyclic) bond motifs is 3. The molecule has 0 aliphatic carbocycles. The summed E-state index contributed by atoms with van der Waals surface area (Å²) in [6.07, 6.45) is -0.467. The van der Waals surface area contributed by atoms with Crippen LogP contribution in [0.4, 0.5) is 23.7 Å². The standard InChI is InChI=1S/C30H26F3N7O2/c1-19-16-23-17-35-28(40(23)26-5-3-2-4-25(19)26)37-29(41)34-15-14-20-6-8-21(9-7-20)27-36-18-39(38-27)22-10-12-24(13-11-22)42-30(31,32)33/h2-13,16,18-19H,14-15,17H2,1H3,(H2,34,35,37,41). The molecule has 0 fully saturated rings. The van der Waals surface area contributed by atoms with Crippen LogP contribution in [0.25, 0.3) is 17.1 Å². The lowest BCUT2D eigenvalue weighted by Crippen LogP contribution is -2.47. The first-order valence-electron chi connectivity index (χ1n) is 13.3. The Morgan fingerprint density at radius 1 is 1.05 bits per heavy atom. The van der Waals surface area contributed by atoms with Crippen molar-refractivity contribution in [3.05, 3.63) is 102 Å². The fourth-order valence-corrected chi connectivity index (χ4v) is 4.99. The van der Waals surface area contributed by atoms with Crippen molar-refractivity contribution in [2.45, 2.75) is 25.6 Å². The molecule has 6 rings (SSSR count). The molecule has 9 nitrogen and oxygen atoms in total. The van der Waals surface area contributed by atoms with Crippen LogP contribution in [-0.4, -0.2) is 46.2 Å². The number of benzene rings is 3. The van der Waals surface area contributed by atoms with E-state index < -0.39 is 6.36 Å². The minimum Gasteiger partial charge on any atom is -0.406 e. The normalized spacial score (nSPS) is 15.8. The van der Waals surface area contributed by atoms with E-state index in [1.807, 2.05) is 47.4 Å². The summed E-state index contributed by atoms with van der Waals surface area (Å²) < 4.78 is 42.5. The Kier molecular flexibility index (Phi) is 7.11. The van der Waals surface area contributed by atoms with Gasteiger partial charge in [-0.15, -0.1) is 18.3 Å². The summed E-state index contributed by atoms with van der Waals surface area (Å²) in [6, 6.07) is 20.8. The molecule has 1 aromatic heterocycles. The van der Waals surface area contributed by atoms with Gasteiger partial charge in [0.15, 0.2) is 5.82 Å². The summed E-state index contributed by atoms with van der Waals surface area (Å²) in [5, 5.41) is 10.2. The van der Waals surface area contributed by atoms with Crippen molar-refractivity contribution in [2.24, 2.45) is 4.99 Å². The number of ether oxygens (including phenoxy) is 1. The molecule has 214 valence electrons. The molecule has 3 heterocycles. The van der Waals surface area contributed by atoms with Gasteiger partial charge in [-0.05, 0) is 47.9 Å². The Balaban J connectivity index is 1.01. The fourth-order valence-electron chi connectivity index (χ4n) is 4.99. The van der Waals surface area contributed by atoms with E-state index in [2.05, 4.69) is 49.5 Å². The third kappa shape index (κ3) is 5.82.